The van der Waals surface area contributed by atoms with E-state index >= 15 is 0 Å². The Kier molecular flexibility index (Phi) is 6.40. The molecule has 8 heteroatoms. The number of nitrogens with one attached hydrogen (secondary N) is 2. The second-order valence-electron chi connectivity index (χ2n) is 8.59. The van der Waals surface area contributed by atoms with Crippen LogP contribution in [-0.2, 0) is 16.4 Å². The lowest BCUT2D eigenvalue weighted by Gasteiger charge is -2.20. The molecule has 0 aliphatic rings. The smallest absolute Gasteiger partial charge is 0.315 e. The van der Waals surface area contributed by atoms with Gasteiger partial charge in [-0.3, -0.25) is 0 Å². The van der Waals surface area contributed by atoms with Crippen molar-refractivity contribution < 1.29 is 17.6 Å². The molecule has 1 aromatic heterocycles. The highest BCUT2D eigenvalue weighted by Gasteiger charge is 2.25. The molecule has 0 radical (unpaired) electrons. The zero-order valence-electron chi connectivity index (χ0n) is 18.2. The summed E-state index contributed by atoms with van der Waals surface area (Å²) >= 11 is 0. The summed E-state index contributed by atoms with van der Waals surface area (Å²) in [7, 11) is -3.66. The van der Waals surface area contributed by atoms with Crippen LogP contribution >= 0.6 is 0 Å². The summed E-state index contributed by atoms with van der Waals surface area (Å²) in [6.45, 7) is 7.75. The van der Waals surface area contributed by atoms with E-state index < -0.39 is 21.4 Å². The molecule has 6 nitrogen and oxygen atoms in total. The molecule has 31 heavy (non-hydrogen) atoms. The highest BCUT2D eigenvalue weighted by molar-refractivity contribution is 7.91. The van der Waals surface area contributed by atoms with E-state index in [2.05, 4.69) is 10.6 Å². The minimum atomic E-state index is -3.66. The fourth-order valence-electron chi connectivity index (χ4n) is 3.55. The molecule has 2 N–H and O–H groups in total. The number of hydrogen-bond acceptors (Lipinski definition) is 3. The third-order valence-electron chi connectivity index (χ3n) is 4.88. The van der Waals surface area contributed by atoms with E-state index in [9.17, 15) is 17.6 Å². The Hall–Kier alpha value is -2.87. The molecule has 0 spiro atoms. The quantitative estimate of drug-likeness (QED) is 0.602. The molecular formula is C23H28FN3O3S. The largest absolute Gasteiger partial charge is 0.339 e. The van der Waals surface area contributed by atoms with E-state index in [0.717, 1.165) is 11.1 Å². The maximum absolute atomic E-state index is 13.3. The number of sulfone groups is 1. The molecule has 1 heterocycles. The van der Waals surface area contributed by atoms with Crippen molar-refractivity contribution in [3.63, 3.8) is 0 Å². The van der Waals surface area contributed by atoms with E-state index in [1.807, 2.05) is 37.5 Å². The summed E-state index contributed by atoms with van der Waals surface area (Å²) in [5.41, 5.74) is 1.87. The first kappa shape index (κ1) is 22.8. The standard InChI is InChI=1S/C23H28FN3O3S/c1-16-21(31(29,30)14-13-25-22(28)26-23(2,3)4)19-7-5-6-8-20(19)27(16)15-17-9-11-18(24)12-10-17/h5-12H,13-15H2,1-4H3,(H2,25,26,28). The molecule has 0 saturated carbocycles. The molecule has 166 valence electrons. The number of hydrogen-bond donors (Lipinski definition) is 2. The Morgan fingerprint density at radius 2 is 1.71 bits per heavy atom. The lowest BCUT2D eigenvalue weighted by atomic mass is 10.1. The molecule has 0 aliphatic heterocycles. The van der Waals surface area contributed by atoms with Crippen molar-refractivity contribution in [3.8, 4) is 0 Å². The number of amides is 2. The van der Waals surface area contributed by atoms with Crippen LogP contribution < -0.4 is 10.6 Å². The summed E-state index contributed by atoms with van der Waals surface area (Å²) in [5, 5.41) is 6.00. The van der Waals surface area contributed by atoms with Gasteiger partial charge in [-0.25, -0.2) is 17.6 Å². The maximum atomic E-state index is 13.3. The van der Waals surface area contributed by atoms with Crippen LogP contribution in [0, 0.1) is 12.7 Å². The SMILES string of the molecule is Cc1c(S(=O)(=O)CCNC(=O)NC(C)(C)C)c2ccccc2n1Cc1ccc(F)cc1. The van der Waals surface area contributed by atoms with Crippen LogP contribution in [0.4, 0.5) is 9.18 Å². The van der Waals surface area contributed by atoms with Crippen LogP contribution in [0.2, 0.25) is 0 Å². The van der Waals surface area contributed by atoms with E-state index in [1.165, 1.54) is 12.1 Å². The van der Waals surface area contributed by atoms with Gasteiger partial charge in [0.15, 0.2) is 9.84 Å². The van der Waals surface area contributed by atoms with E-state index in [4.69, 9.17) is 0 Å². The van der Waals surface area contributed by atoms with Crippen molar-refractivity contribution in [2.45, 2.75) is 44.7 Å². The summed E-state index contributed by atoms with van der Waals surface area (Å²) in [6.07, 6.45) is 0. The Labute approximate surface area is 182 Å². The zero-order chi connectivity index (χ0) is 22.8. The molecule has 0 saturated heterocycles. The number of fused-ring (bicyclic) bond motifs is 1. The third kappa shape index (κ3) is 5.44. The molecule has 2 aromatic carbocycles. The van der Waals surface area contributed by atoms with Crippen molar-refractivity contribution in [1.82, 2.24) is 15.2 Å². The molecular weight excluding hydrogens is 417 g/mol. The van der Waals surface area contributed by atoms with Gasteiger partial charge >= 0.3 is 6.03 Å². The second-order valence-corrected chi connectivity index (χ2v) is 10.6. The Balaban J connectivity index is 1.88. The number of para-hydroxylation sites is 1. The molecule has 3 rings (SSSR count). The van der Waals surface area contributed by atoms with Crippen molar-refractivity contribution in [1.29, 1.82) is 0 Å². The van der Waals surface area contributed by atoms with Crippen LogP contribution in [0.5, 0.6) is 0 Å². The Morgan fingerprint density at radius 1 is 1.06 bits per heavy atom. The van der Waals surface area contributed by atoms with Gasteiger partial charge in [0.1, 0.15) is 5.82 Å². The van der Waals surface area contributed by atoms with Gasteiger partial charge in [-0.2, -0.15) is 0 Å². The number of carbonyl (C=O) groups excluding carboxylic acids is 1. The van der Waals surface area contributed by atoms with Gasteiger partial charge in [0.25, 0.3) is 0 Å². The number of halogens is 1. The van der Waals surface area contributed by atoms with E-state index in [-0.39, 0.29) is 23.0 Å². The van der Waals surface area contributed by atoms with Gasteiger partial charge in [0, 0.05) is 35.2 Å². The average molecular weight is 446 g/mol. The molecule has 0 unspecified atom stereocenters. The summed E-state index contributed by atoms with van der Waals surface area (Å²) < 4.78 is 41.6. The molecule has 0 bridgehead atoms. The van der Waals surface area contributed by atoms with Crippen LogP contribution in [-0.4, -0.2) is 36.9 Å². The Morgan fingerprint density at radius 3 is 2.35 bits per heavy atom. The van der Waals surface area contributed by atoms with Gasteiger partial charge in [-0.05, 0) is 51.5 Å². The number of carbonyl (C=O) groups is 1. The molecule has 0 aliphatic carbocycles. The van der Waals surface area contributed by atoms with Gasteiger partial charge in [-0.1, -0.05) is 30.3 Å². The number of benzene rings is 2. The summed E-state index contributed by atoms with van der Waals surface area (Å²) in [5.74, 6) is -0.528. The normalized spacial score (nSPS) is 12.2. The van der Waals surface area contributed by atoms with Crippen LogP contribution in [0.3, 0.4) is 0 Å². The summed E-state index contributed by atoms with van der Waals surface area (Å²) in [4.78, 5) is 12.2. The predicted molar refractivity (Wildman–Crippen MR) is 121 cm³/mol. The fourth-order valence-corrected chi connectivity index (χ4v) is 5.20. The lowest BCUT2D eigenvalue weighted by Crippen LogP contribution is -2.47. The van der Waals surface area contributed by atoms with E-state index in [1.54, 1.807) is 31.2 Å². The highest BCUT2D eigenvalue weighted by atomic mass is 32.2. The monoisotopic (exact) mass is 445 g/mol. The minimum Gasteiger partial charge on any atom is -0.339 e. The average Bonchev–Trinajstić information content (AvgIpc) is 2.94. The molecule has 3 aromatic rings. The van der Waals surface area contributed by atoms with Crippen LogP contribution in [0.25, 0.3) is 10.9 Å². The molecule has 2 amide bonds. The zero-order valence-corrected chi connectivity index (χ0v) is 19.0. The van der Waals surface area contributed by atoms with Crippen molar-refractivity contribution in [2.24, 2.45) is 0 Å². The van der Waals surface area contributed by atoms with Gasteiger partial charge in [-0.15, -0.1) is 0 Å². The highest BCUT2D eigenvalue weighted by Crippen LogP contribution is 2.31. The second kappa shape index (κ2) is 8.70. The van der Waals surface area contributed by atoms with Crippen molar-refractivity contribution in [2.75, 3.05) is 12.3 Å². The van der Waals surface area contributed by atoms with E-state index in [0.29, 0.717) is 17.6 Å². The summed E-state index contributed by atoms with van der Waals surface area (Å²) in [6, 6.07) is 13.1. The number of aromatic nitrogens is 1. The van der Waals surface area contributed by atoms with Gasteiger partial charge < -0.3 is 15.2 Å². The first-order valence-corrected chi connectivity index (χ1v) is 11.7. The van der Waals surface area contributed by atoms with Gasteiger partial charge in [0.05, 0.1) is 10.6 Å². The lowest BCUT2D eigenvalue weighted by molar-refractivity contribution is 0.232. The van der Waals surface area contributed by atoms with Crippen molar-refractivity contribution in [3.05, 3.63) is 65.6 Å². The van der Waals surface area contributed by atoms with Crippen molar-refractivity contribution >= 4 is 26.8 Å². The predicted octanol–water partition coefficient (Wildman–Crippen LogP) is 4.01. The minimum absolute atomic E-state index is 0.00115. The first-order valence-electron chi connectivity index (χ1n) is 10.1. The van der Waals surface area contributed by atoms with Crippen LogP contribution in [0.15, 0.2) is 53.4 Å². The fraction of sp³-hybridized carbons (Fsp3) is 0.348. The molecule has 0 atom stereocenters. The maximum Gasteiger partial charge on any atom is 0.315 e. The topological polar surface area (TPSA) is 80.2 Å². The van der Waals surface area contributed by atoms with Gasteiger partial charge in [0.2, 0.25) is 0 Å². The third-order valence-corrected chi connectivity index (χ3v) is 6.76. The van der Waals surface area contributed by atoms with Crippen LogP contribution in [0.1, 0.15) is 32.0 Å². The Bertz CT molecular complexity index is 1190. The number of nitrogens with zero attached hydrogens (tertiary/aromatic N) is 1. The number of urea groups is 1. The first-order chi connectivity index (χ1) is 14.5. The molecule has 0 fully saturated rings. The number of rotatable bonds is 6.